The minimum Gasteiger partial charge on any atom is -0.480 e. The maximum atomic E-state index is 12.8. The highest BCUT2D eigenvalue weighted by Crippen LogP contribution is 2.19. The molecule has 0 aliphatic carbocycles. The smallest absolute Gasteiger partial charge is 0.411 e. The van der Waals surface area contributed by atoms with Crippen LogP contribution in [0.15, 0.2) is 66.7 Å². The number of hydrogen-bond acceptors (Lipinski definition) is 7. The summed E-state index contributed by atoms with van der Waals surface area (Å²) in [5.74, 6) is -0.971. The maximum Gasteiger partial charge on any atom is 0.411 e. The summed E-state index contributed by atoms with van der Waals surface area (Å²) in [7, 11) is 0. The second-order valence-electron chi connectivity index (χ2n) is 6.90. The summed E-state index contributed by atoms with van der Waals surface area (Å²) in [5.41, 5.74) is 7.54. The third kappa shape index (κ3) is 9.78. The molecular formula is C24H26FN5O5. The molecule has 0 unspecified atom stereocenters. The van der Waals surface area contributed by atoms with Gasteiger partial charge in [0.05, 0.1) is 12.3 Å². The lowest BCUT2D eigenvalue weighted by atomic mass is 10.2. The molecule has 6 N–H and O–H groups in total. The molecule has 0 aliphatic heterocycles. The number of pyridine rings is 1. The van der Waals surface area contributed by atoms with Crippen molar-refractivity contribution in [1.82, 2.24) is 10.3 Å². The van der Waals surface area contributed by atoms with E-state index in [1.807, 2.05) is 0 Å². The topological polar surface area (TPSA) is 156 Å². The fraction of sp³-hybridized carbons (Fsp3) is 0.167. The largest absolute Gasteiger partial charge is 0.480 e. The Morgan fingerprint density at radius 3 is 2.31 bits per heavy atom. The van der Waals surface area contributed by atoms with Gasteiger partial charge in [-0.2, -0.15) is 0 Å². The van der Waals surface area contributed by atoms with Crippen LogP contribution >= 0.6 is 0 Å². The van der Waals surface area contributed by atoms with Crippen LogP contribution in [0.5, 0.6) is 0 Å². The molecule has 0 spiro atoms. The number of benzene rings is 2. The van der Waals surface area contributed by atoms with Crippen molar-refractivity contribution in [2.45, 2.75) is 13.5 Å². The van der Waals surface area contributed by atoms with Gasteiger partial charge >= 0.3 is 12.1 Å². The number of rotatable bonds is 8. The van der Waals surface area contributed by atoms with Gasteiger partial charge in [0.25, 0.3) is 5.91 Å². The van der Waals surface area contributed by atoms with Crippen LogP contribution in [0.25, 0.3) is 0 Å². The first-order valence-corrected chi connectivity index (χ1v) is 10.5. The van der Waals surface area contributed by atoms with Crippen LogP contribution in [0.1, 0.15) is 22.8 Å². The van der Waals surface area contributed by atoms with E-state index in [1.54, 1.807) is 61.5 Å². The summed E-state index contributed by atoms with van der Waals surface area (Å²) in [6.07, 6.45) is -0.581. The highest BCUT2D eigenvalue weighted by atomic mass is 19.1. The molecule has 2 aromatic carbocycles. The van der Waals surface area contributed by atoms with Crippen molar-refractivity contribution in [3.8, 4) is 0 Å². The number of amides is 2. The van der Waals surface area contributed by atoms with Gasteiger partial charge in [0.1, 0.15) is 24.0 Å². The number of carboxylic acids is 1. The van der Waals surface area contributed by atoms with Crippen LogP contribution in [-0.2, 0) is 16.1 Å². The van der Waals surface area contributed by atoms with Gasteiger partial charge in [-0.15, -0.1) is 0 Å². The Kier molecular flexibility index (Phi) is 10.5. The Balaban J connectivity index is 0.000000283. The molecule has 3 aromatic rings. The molecular weight excluding hydrogens is 457 g/mol. The summed E-state index contributed by atoms with van der Waals surface area (Å²) in [6, 6.07) is 17.9. The van der Waals surface area contributed by atoms with Crippen LogP contribution in [0.4, 0.5) is 26.5 Å². The van der Waals surface area contributed by atoms with Crippen molar-refractivity contribution >= 4 is 35.3 Å². The van der Waals surface area contributed by atoms with E-state index >= 15 is 0 Å². The number of halogens is 1. The molecule has 0 atom stereocenters. The zero-order valence-corrected chi connectivity index (χ0v) is 19.0. The first-order chi connectivity index (χ1) is 16.8. The SMILES string of the molecule is CCOC(=O)Nc1ccc(NCc2ccc(F)cc2)nc1N.O=C(O)CNC(=O)c1ccccc1. The Hall–Kier alpha value is -4.67. The van der Waals surface area contributed by atoms with E-state index in [1.165, 1.54) is 12.1 Å². The second-order valence-corrected chi connectivity index (χ2v) is 6.90. The monoisotopic (exact) mass is 483 g/mol. The number of nitrogens with two attached hydrogens (primary N) is 1. The van der Waals surface area contributed by atoms with E-state index in [2.05, 4.69) is 20.9 Å². The molecule has 35 heavy (non-hydrogen) atoms. The lowest BCUT2D eigenvalue weighted by Gasteiger charge is -2.10. The molecule has 3 rings (SSSR count). The number of carboxylic acid groups (broad SMARTS) is 1. The lowest BCUT2D eigenvalue weighted by molar-refractivity contribution is -0.135. The normalized spacial score (nSPS) is 9.77. The lowest BCUT2D eigenvalue weighted by Crippen LogP contribution is -2.29. The summed E-state index contributed by atoms with van der Waals surface area (Å²) in [4.78, 5) is 36.8. The Bertz CT molecular complexity index is 1130. The Labute approximate surface area is 201 Å². The van der Waals surface area contributed by atoms with E-state index in [-0.39, 0.29) is 30.7 Å². The molecule has 0 bridgehead atoms. The zero-order chi connectivity index (χ0) is 25.6. The molecule has 0 saturated carbocycles. The maximum absolute atomic E-state index is 12.8. The van der Waals surface area contributed by atoms with Gasteiger partial charge in [0.15, 0.2) is 0 Å². The third-order valence-corrected chi connectivity index (χ3v) is 4.26. The van der Waals surface area contributed by atoms with Crippen LogP contribution in [0, 0.1) is 5.82 Å². The fourth-order valence-electron chi connectivity index (χ4n) is 2.60. The summed E-state index contributed by atoms with van der Waals surface area (Å²) < 4.78 is 17.6. The first-order valence-electron chi connectivity index (χ1n) is 10.5. The van der Waals surface area contributed by atoms with Crippen LogP contribution in [-0.4, -0.2) is 41.2 Å². The molecule has 0 aliphatic rings. The van der Waals surface area contributed by atoms with Crippen molar-refractivity contribution < 1.29 is 28.6 Å². The Morgan fingerprint density at radius 2 is 1.71 bits per heavy atom. The van der Waals surface area contributed by atoms with E-state index in [0.29, 0.717) is 23.6 Å². The number of carbonyl (C=O) groups is 3. The predicted octanol–water partition coefficient (Wildman–Crippen LogP) is 3.48. The summed E-state index contributed by atoms with van der Waals surface area (Å²) >= 11 is 0. The van der Waals surface area contributed by atoms with Gasteiger partial charge in [-0.1, -0.05) is 30.3 Å². The van der Waals surface area contributed by atoms with Crippen LogP contribution in [0.2, 0.25) is 0 Å². The van der Waals surface area contributed by atoms with Gasteiger partial charge in [-0.3, -0.25) is 14.9 Å². The zero-order valence-electron chi connectivity index (χ0n) is 19.0. The van der Waals surface area contributed by atoms with Gasteiger partial charge in [0, 0.05) is 12.1 Å². The van der Waals surface area contributed by atoms with E-state index < -0.39 is 12.1 Å². The number of anilines is 3. The fourth-order valence-corrected chi connectivity index (χ4v) is 2.60. The standard InChI is InChI=1S/C15H17FN4O2.C9H9NO3/c1-2-22-15(21)19-12-7-8-13(20-14(12)17)18-9-10-3-5-11(16)6-4-10;11-8(12)6-10-9(13)7-4-2-1-3-5-7/h3-8H,2,9H2,1H3,(H,19,21)(H3,17,18,20);1-5H,6H2,(H,10,13)(H,11,12). The minimum absolute atomic E-state index is 0.178. The average molecular weight is 484 g/mol. The molecule has 0 radical (unpaired) electrons. The third-order valence-electron chi connectivity index (χ3n) is 4.26. The molecule has 11 heteroatoms. The van der Waals surface area contributed by atoms with E-state index in [9.17, 15) is 18.8 Å². The van der Waals surface area contributed by atoms with Crippen molar-refractivity contribution in [1.29, 1.82) is 0 Å². The van der Waals surface area contributed by atoms with Gasteiger partial charge in [-0.25, -0.2) is 14.2 Å². The molecule has 1 heterocycles. The van der Waals surface area contributed by atoms with Gasteiger partial charge in [-0.05, 0) is 48.9 Å². The van der Waals surface area contributed by atoms with Crippen molar-refractivity contribution in [2.75, 3.05) is 29.5 Å². The van der Waals surface area contributed by atoms with Crippen LogP contribution < -0.4 is 21.7 Å². The second kappa shape index (κ2) is 13.8. The molecule has 0 fully saturated rings. The molecule has 0 saturated heterocycles. The highest BCUT2D eigenvalue weighted by Gasteiger charge is 2.08. The Morgan fingerprint density at radius 1 is 1.03 bits per heavy atom. The molecule has 10 nitrogen and oxygen atoms in total. The number of aromatic nitrogens is 1. The predicted molar refractivity (Wildman–Crippen MR) is 129 cm³/mol. The number of hydrogen-bond donors (Lipinski definition) is 5. The number of aliphatic carboxylic acids is 1. The van der Waals surface area contributed by atoms with Crippen molar-refractivity contribution in [3.05, 3.63) is 83.7 Å². The molecule has 184 valence electrons. The van der Waals surface area contributed by atoms with Crippen LogP contribution in [0.3, 0.4) is 0 Å². The van der Waals surface area contributed by atoms with Gasteiger partial charge < -0.3 is 26.2 Å². The number of nitrogens with one attached hydrogen (secondary N) is 3. The van der Waals surface area contributed by atoms with E-state index in [4.69, 9.17) is 15.6 Å². The minimum atomic E-state index is -1.05. The van der Waals surface area contributed by atoms with Crippen molar-refractivity contribution in [2.24, 2.45) is 0 Å². The summed E-state index contributed by atoms with van der Waals surface area (Å²) in [6.45, 7) is 2.12. The number of ether oxygens (including phenoxy) is 1. The van der Waals surface area contributed by atoms with E-state index in [0.717, 1.165) is 5.56 Å². The first kappa shape index (κ1) is 26.6. The quantitative estimate of drug-likeness (QED) is 0.326. The van der Waals surface area contributed by atoms with Gasteiger partial charge in [0.2, 0.25) is 0 Å². The average Bonchev–Trinajstić information content (AvgIpc) is 2.85. The van der Waals surface area contributed by atoms with Crippen molar-refractivity contribution in [3.63, 3.8) is 0 Å². The number of nitrogen functional groups attached to an aromatic ring is 1. The highest BCUT2D eigenvalue weighted by molar-refractivity contribution is 5.95. The summed E-state index contributed by atoms with van der Waals surface area (Å²) in [5, 5.41) is 16.1. The molecule has 2 amide bonds. The number of nitrogens with zero attached hydrogens (tertiary/aromatic N) is 1. The number of carbonyl (C=O) groups excluding carboxylic acids is 2. The molecule has 1 aromatic heterocycles.